The van der Waals surface area contributed by atoms with Gasteiger partial charge < -0.3 is 5.11 Å². The van der Waals surface area contributed by atoms with E-state index in [0.29, 0.717) is 25.3 Å². The molecule has 1 fully saturated rings. The van der Waals surface area contributed by atoms with Crippen LogP contribution in [0, 0.1) is 11.6 Å². The first kappa shape index (κ1) is 25.6. The minimum absolute atomic E-state index is 0.343. The standard InChI is InChI=1S/C28H32F2N2O2S/c29-25-10-6-23(7-11-25)28(24-8-12-26(30)13-9-24)35(34)19-18-31-14-16-32(17-15-31)21-27(33)20-22-4-2-1-3-5-22/h1-13,27-28,33H,14-21H2/t27-,35?/m0/s1. The summed E-state index contributed by atoms with van der Waals surface area (Å²) in [5.41, 5.74) is 2.65. The fourth-order valence-electron chi connectivity index (χ4n) is 4.55. The van der Waals surface area contributed by atoms with Gasteiger partial charge in [-0.2, -0.15) is 0 Å². The summed E-state index contributed by atoms with van der Waals surface area (Å²) in [7, 11) is -1.26. The van der Waals surface area contributed by atoms with Gasteiger partial charge in [-0.25, -0.2) is 8.78 Å². The second kappa shape index (κ2) is 12.5. The highest BCUT2D eigenvalue weighted by molar-refractivity contribution is 7.85. The third-order valence-electron chi connectivity index (χ3n) is 6.47. The van der Waals surface area contributed by atoms with E-state index in [1.165, 1.54) is 24.3 Å². The zero-order valence-corrected chi connectivity index (χ0v) is 20.5. The van der Waals surface area contributed by atoms with Crippen molar-refractivity contribution < 1.29 is 18.1 Å². The highest BCUT2D eigenvalue weighted by Crippen LogP contribution is 2.29. The number of rotatable bonds is 10. The Morgan fingerprint density at radius 1 is 0.771 bits per heavy atom. The van der Waals surface area contributed by atoms with E-state index in [2.05, 4.69) is 9.80 Å². The van der Waals surface area contributed by atoms with E-state index < -0.39 is 22.2 Å². The number of hydrogen-bond acceptors (Lipinski definition) is 4. The lowest BCUT2D eigenvalue weighted by molar-refractivity contribution is 0.0750. The zero-order valence-electron chi connectivity index (χ0n) is 19.7. The van der Waals surface area contributed by atoms with Gasteiger partial charge in [0, 0.05) is 55.8 Å². The van der Waals surface area contributed by atoms with Gasteiger partial charge in [-0.1, -0.05) is 54.6 Å². The number of aliphatic hydroxyl groups excluding tert-OH is 1. The average Bonchev–Trinajstić information content (AvgIpc) is 2.86. The molecule has 7 heteroatoms. The van der Waals surface area contributed by atoms with E-state index in [4.69, 9.17) is 0 Å². The molecule has 0 aliphatic carbocycles. The highest BCUT2D eigenvalue weighted by atomic mass is 32.2. The molecule has 1 aliphatic heterocycles. The second-order valence-corrected chi connectivity index (χ2v) is 10.7. The maximum atomic E-state index is 13.5. The average molecular weight is 499 g/mol. The summed E-state index contributed by atoms with van der Waals surface area (Å²) in [5, 5.41) is 10.0. The van der Waals surface area contributed by atoms with Crippen LogP contribution in [0.25, 0.3) is 0 Å². The molecular formula is C28H32F2N2O2S. The maximum absolute atomic E-state index is 13.5. The number of halogens is 2. The molecule has 1 N–H and O–H groups in total. The Morgan fingerprint density at radius 3 is 1.83 bits per heavy atom. The molecule has 0 spiro atoms. The number of hydrogen-bond donors (Lipinski definition) is 1. The Kier molecular flexibility index (Phi) is 9.15. The number of β-amino-alcohol motifs (C(OH)–C–C–N with tert-alkyl or cyclic N) is 1. The van der Waals surface area contributed by atoms with Gasteiger partial charge >= 0.3 is 0 Å². The Bertz CT molecular complexity index is 1030. The smallest absolute Gasteiger partial charge is 0.123 e. The lowest BCUT2D eigenvalue weighted by atomic mass is 10.0. The molecule has 2 atom stereocenters. The van der Waals surface area contributed by atoms with Crippen LogP contribution in [0.1, 0.15) is 21.9 Å². The molecular weight excluding hydrogens is 466 g/mol. The molecule has 3 aromatic carbocycles. The first-order valence-corrected chi connectivity index (χ1v) is 13.4. The van der Waals surface area contributed by atoms with E-state index in [0.717, 1.165) is 42.9 Å². The van der Waals surface area contributed by atoms with Crippen molar-refractivity contribution in [1.29, 1.82) is 0 Å². The molecule has 0 saturated carbocycles. The maximum Gasteiger partial charge on any atom is 0.123 e. The molecule has 0 amide bonds. The van der Waals surface area contributed by atoms with Gasteiger partial charge in [-0.15, -0.1) is 0 Å². The molecule has 4 rings (SSSR count). The molecule has 186 valence electrons. The van der Waals surface area contributed by atoms with Crippen LogP contribution in [-0.4, -0.2) is 70.2 Å². The quantitative estimate of drug-likeness (QED) is 0.459. The number of piperazine rings is 1. The second-order valence-electron chi connectivity index (χ2n) is 9.05. The predicted octanol–water partition coefficient (Wildman–Crippen LogP) is 4.02. The van der Waals surface area contributed by atoms with Crippen LogP contribution in [0.5, 0.6) is 0 Å². The molecule has 1 aliphatic rings. The molecule has 0 bridgehead atoms. The third kappa shape index (κ3) is 7.51. The van der Waals surface area contributed by atoms with E-state index >= 15 is 0 Å². The Balaban J connectivity index is 1.29. The SMILES string of the molecule is O=S(CCN1CCN(C[C@@H](O)Cc2ccccc2)CC1)C(c1ccc(F)cc1)c1ccc(F)cc1. The van der Waals surface area contributed by atoms with Gasteiger partial charge in [0.05, 0.1) is 11.4 Å². The van der Waals surface area contributed by atoms with E-state index in [9.17, 15) is 18.1 Å². The molecule has 1 unspecified atom stereocenters. The summed E-state index contributed by atoms with van der Waals surface area (Å²) in [5.74, 6) is -0.218. The van der Waals surface area contributed by atoms with Crippen LogP contribution in [0.15, 0.2) is 78.9 Å². The van der Waals surface area contributed by atoms with Crippen molar-refractivity contribution in [3.05, 3.63) is 107 Å². The zero-order chi connectivity index (χ0) is 24.6. The molecule has 35 heavy (non-hydrogen) atoms. The number of nitrogens with zero attached hydrogens (tertiary/aromatic N) is 2. The summed E-state index contributed by atoms with van der Waals surface area (Å²) < 4.78 is 40.3. The summed E-state index contributed by atoms with van der Waals surface area (Å²) in [4.78, 5) is 4.57. The van der Waals surface area contributed by atoms with Crippen molar-refractivity contribution in [2.75, 3.05) is 45.0 Å². The van der Waals surface area contributed by atoms with Crippen molar-refractivity contribution in [3.8, 4) is 0 Å². The Labute approximate surface area is 208 Å². The summed E-state index contributed by atoms with van der Waals surface area (Å²) in [6, 6.07) is 22.1. The van der Waals surface area contributed by atoms with Crippen LogP contribution >= 0.6 is 0 Å². The van der Waals surface area contributed by atoms with Crippen LogP contribution < -0.4 is 0 Å². The van der Waals surface area contributed by atoms with Gasteiger partial charge in [0.2, 0.25) is 0 Å². The highest BCUT2D eigenvalue weighted by Gasteiger charge is 2.24. The lowest BCUT2D eigenvalue weighted by Gasteiger charge is -2.35. The monoisotopic (exact) mass is 498 g/mol. The first-order valence-electron chi connectivity index (χ1n) is 12.0. The molecule has 1 heterocycles. The molecule has 0 radical (unpaired) electrons. The van der Waals surface area contributed by atoms with E-state index in [1.807, 2.05) is 30.3 Å². The topological polar surface area (TPSA) is 43.8 Å². The van der Waals surface area contributed by atoms with Gasteiger partial charge in [0.1, 0.15) is 11.6 Å². The van der Waals surface area contributed by atoms with Crippen LogP contribution in [0.3, 0.4) is 0 Å². The van der Waals surface area contributed by atoms with Gasteiger partial charge in [0.25, 0.3) is 0 Å². The van der Waals surface area contributed by atoms with Crippen molar-refractivity contribution in [3.63, 3.8) is 0 Å². The minimum atomic E-state index is -1.26. The van der Waals surface area contributed by atoms with Crippen LogP contribution in [0.2, 0.25) is 0 Å². The molecule has 4 nitrogen and oxygen atoms in total. The molecule has 0 aromatic heterocycles. The summed E-state index contributed by atoms with van der Waals surface area (Å²) in [6.45, 7) is 4.76. The van der Waals surface area contributed by atoms with E-state index in [1.54, 1.807) is 24.3 Å². The van der Waals surface area contributed by atoms with Gasteiger partial charge in [0.15, 0.2) is 0 Å². The predicted molar refractivity (Wildman–Crippen MR) is 137 cm³/mol. The largest absolute Gasteiger partial charge is 0.391 e. The normalized spacial score (nSPS) is 16.9. The Morgan fingerprint density at radius 2 is 1.29 bits per heavy atom. The summed E-state index contributed by atoms with van der Waals surface area (Å²) in [6.07, 6.45) is 0.248. The minimum Gasteiger partial charge on any atom is -0.391 e. The lowest BCUT2D eigenvalue weighted by Crippen LogP contribution is -2.49. The van der Waals surface area contributed by atoms with E-state index in [-0.39, 0.29) is 11.6 Å². The fraction of sp³-hybridized carbons (Fsp3) is 0.357. The summed E-state index contributed by atoms with van der Waals surface area (Å²) >= 11 is 0. The van der Waals surface area contributed by atoms with Crippen molar-refractivity contribution in [2.45, 2.75) is 17.8 Å². The molecule has 1 saturated heterocycles. The van der Waals surface area contributed by atoms with Crippen molar-refractivity contribution in [1.82, 2.24) is 9.80 Å². The van der Waals surface area contributed by atoms with Crippen LogP contribution in [0.4, 0.5) is 8.78 Å². The van der Waals surface area contributed by atoms with Crippen LogP contribution in [-0.2, 0) is 17.2 Å². The number of benzene rings is 3. The number of aliphatic hydroxyl groups is 1. The first-order chi connectivity index (χ1) is 17.0. The van der Waals surface area contributed by atoms with Crippen molar-refractivity contribution in [2.24, 2.45) is 0 Å². The van der Waals surface area contributed by atoms with Crippen molar-refractivity contribution >= 4 is 10.8 Å². The molecule has 3 aromatic rings. The van der Waals surface area contributed by atoms with Gasteiger partial charge in [-0.05, 0) is 47.4 Å². The van der Waals surface area contributed by atoms with Gasteiger partial charge in [-0.3, -0.25) is 14.0 Å². The fourth-order valence-corrected chi connectivity index (χ4v) is 6.15. The Hall–Kier alpha value is -2.45. The third-order valence-corrected chi connectivity index (χ3v) is 8.12.